The Morgan fingerprint density at radius 1 is 1.09 bits per heavy atom. The van der Waals surface area contributed by atoms with E-state index in [1.165, 1.54) is 29.1 Å². The van der Waals surface area contributed by atoms with Crippen LogP contribution in [0, 0.1) is 0 Å². The molecule has 0 fully saturated rings. The summed E-state index contributed by atoms with van der Waals surface area (Å²) in [6.45, 7) is -0.567. The van der Waals surface area contributed by atoms with Crippen molar-refractivity contribution in [2.75, 3.05) is 47.0 Å². The lowest BCUT2D eigenvalue weighted by molar-refractivity contribution is -0.123. The van der Waals surface area contributed by atoms with Crippen LogP contribution in [0.4, 0.5) is 17.6 Å². The van der Waals surface area contributed by atoms with E-state index in [9.17, 15) is 27.2 Å². The highest BCUT2D eigenvalue weighted by Crippen LogP contribution is 2.25. The molecular weight excluding hydrogens is 472 g/mol. The summed E-state index contributed by atoms with van der Waals surface area (Å²) in [4.78, 5) is 26.4. The van der Waals surface area contributed by atoms with Gasteiger partial charge in [-0.25, -0.2) is 4.68 Å². The average molecular weight is 503 g/mol. The Morgan fingerprint density at radius 3 is 2.51 bits per heavy atom. The highest BCUT2D eigenvalue weighted by atomic mass is 19.4. The maximum atomic E-state index is 12.5. The first-order valence-corrected chi connectivity index (χ1v) is 11.1. The van der Waals surface area contributed by atoms with Crippen LogP contribution in [-0.4, -0.2) is 84.9 Å². The Balaban J connectivity index is 2.18. The minimum absolute atomic E-state index is 0.0350. The number of hydrogen-bond acceptors (Lipinski definition) is 6. The maximum Gasteiger partial charge on any atom is 0.405 e. The molecular formula is C22H30F4N6O3. The standard InChI is InChI=1S/C22H30F4N6O3/c1-31(2)11-10-27-21(34)17-14-32(30-29-17)18-8-7-16(20(33)28-15-22(24,25)26)13-19(18)35-12-6-4-3-5-9-23/h7-8,13-14H,3-6,9-12,15H2,1-2H3,(H,27,34)(H,28,33). The van der Waals surface area contributed by atoms with E-state index in [-0.39, 0.29) is 23.6 Å². The molecule has 1 heterocycles. The molecule has 0 aliphatic carbocycles. The molecule has 194 valence electrons. The number of likely N-dealkylation sites (N-methyl/N-ethyl adjacent to an activating group) is 1. The van der Waals surface area contributed by atoms with Gasteiger partial charge in [-0.15, -0.1) is 5.10 Å². The number of benzene rings is 1. The van der Waals surface area contributed by atoms with E-state index >= 15 is 0 Å². The molecule has 1 aromatic heterocycles. The summed E-state index contributed by atoms with van der Waals surface area (Å²) >= 11 is 0. The zero-order chi connectivity index (χ0) is 25.8. The highest BCUT2D eigenvalue weighted by molar-refractivity contribution is 5.95. The molecule has 1 aromatic carbocycles. The topological polar surface area (TPSA) is 101 Å². The zero-order valence-corrected chi connectivity index (χ0v) is 19.7. The number of nitrogens with one attached hydrogen (secondary N) is 2. The van der Waals surface area contributed by atoms with Crippen LogP contribution in [0.1, 0.15) is 46.5 Å². The summed E-state index contributed by atoms with van der Waals surface area (Å²) in [5, 5.41) is 12.4. The van der Waals surface area contributed by atoms with Gasteiger partial charge in [-0.05, 0) is 51.6 Å². The van der Waals surface area contributed by atoms with Gasteiger partial charge in [0.2, 0.25) is 0 Å². The van der Waals surface area contributed by atoms with Crippen molar-refractivity contribution in [3.05, 3.63) is 35.7 Å². The van der Waals surface area contributed by atoms with Crippen LogP contribution in [0.3, 0.4) is 0 Å². The number of rotatable bonds is 14. The fourth-order valence-electron chi connectivity index (χ4n) is 2.94. The second kappa shape index (κ2) is 13.6. The number of aromatic nitrogens is 3. The lowest BCUT2D eigenvalue weighted by Gasteiger charge is -2.14. The van der Waals surface area contributed by atoms with Crippen molar-refractivity contribution in [1.29, 1.82) is 0 Å². The molecule has 0 saturated heterocycles. The first kappa shape index (κ1) is 28.0. The molecule has 0 unspecified atom stereocenters. The van der Waals surface area contributed by atoms with Crippen LogP contribution >= 0.6 is 0 Å². The molecule has 13 heteroatoms. The molecule has 2 rings (SSSR count). The molecule has 35 heavy (non-hydrogen) atoms. The number of hydrogen-bond donors (Lipinski definition) is 2. The van der Waals surface area contributed by atoms with Gasteiger partial charge in [0, 0.05) is 18.7 Å². The third kappa shape index (κ3) is 9.89. The molecule has 0 bridgehead atoms. The smallest absolute Gasteiger partial charge is 0.405 e. The zero-order valence-electron chi connectivity index (χ0n) is 19.7. The summed E-state index contributed by atoms with van der Waals surface area (Å²) in [5.74, 6) is -1.16. The summed E-state index contributed by atoms with van der Waals surface area (Å²) in [5.41, 5.74) is 0.376. The van der Waals surface area contributed by atoms with E-state index in [4.69, 9.17) is 4.74 Å². The van der Waals surface area contributed by atoms with Gasteiger partial charge in [-0.1, -0.05) is 11.6 Å². The SMILES string of the molecule is CN(C)CCNC(=O)c1cn(-c2ccc(C(=O)NCC(F)(F)F)cc2OCCCCCCF)nn1. The maximum absolute atomic E-state index is 12.5. The Hall–Kier alpha value is -3.22. The monoisotopic (exact) mass is 502 g/mol. The number of alkyl halides is 4. The third-order valence-electron chi connectivity index (χ3n) is 4.77. The van der Waals surface area contributed by atoms with Gasteiger partial charge in [-0.2, -0.15) is 13.2 Å². The fraction of sp³-hybridized carbons (Fsp3) is 0.545. The molecule has 0 aliphatic rings. The highest BCUT2D eigenvalue weighted by Gasteiger charge is 2.28. The van der Waals surface area contributed by atoms with Crippen molar-refractivity contribution >= 4 is 11.8 Å². The molecule has 0 atom stereocenters. The number of carbonyl (C=O) groups excluding carboxylic acids is 2. The molecule has 2 aromatic rings. The van der Waals surface area contributed by atoms with Gasteiger partial charge in [0.25, 0.3) is 11.8 Å². The van der Waals surface area contributed by atoms with E-state index < -0.39 is 31.2 Å². The number of amides is 2. The van der Waals surface area contributed by atoms with Gasteiger partial charge < -0.3 is 20.3 Å². The van der Waals surface area contributed by atoms with Crippen molar-refractivity contribution in [2.45, 2.75) is 31.9 Å². The molecule has 9 nitrogen and oxygen atoms in total. The van der Waals surface area contributed by atoms with Gasteiger partial charge in [0.1, 0.15) is 18.0 Å². The summed E-state index contributed by atoms with van der Waals surface area (Å²) in [7, 11) is 3.75. The van der Waals surface area contributed by atoms with Crippen molar-refractivity contribution in [2.24, 2.45) is 0 Å². The Kier molecular flexibility index (Phi) is 10.9. The van der Waals surface area contributed by atoms with Crippen molar-refractivity contribution in [3.63, 3.8) is 0 Å². The number of halogens is 4. The predicted molar refractivity (Wildman–Crippen MR) is 121 cm³/mol. The van der Waals surface area contributed by atoms with Crippen molar-refractivity contribution in [3.8, 4) is 11.4 Å². The van der Waals surface area contributed by atoms with Gasteiger partial charge in [-0.3, -0.25) is 14.0 Å². The van der Waals surface area contributed by atoms with E-state index in [0.29, 0.717) is 38.0 Å². The molecule has 0 spiro atoms. The molecule has 2 amide bonds. The average Bonchev–Trinajstić information content (AvgIpc) is 3.29. The molecule has 0 aliphatic heterocycles. The van der Waals surface area contributed by atoms with Crippen molar-refractivity contribution < 1.29 is 31.9 Å². The van der Waals surface area contributed by atoms with Crippen LogP contribution in [0.15, 0.2) is 24.4 Å². The Labute approximate surface area is 200 Å². The van der Waals surface area contributed by atoms with E-state index in [0.717, 1.165) is 6.42 Å². The second-order valence-electron chi connectivity index (χ2n) is 8.04. The number of nitrogens with zero attached hydrogens (tertiary/aromatic N) is 4. The molecule has 0 saturated carbocycles. The summed E-state index contributed by atoms with van der Waals surface area (Å²) < 4.78 is 56.7. The number of ether oxygens (including phenoxy) is 1. The van der Waals surface area contributed by atoms with Crippen LogP contribution in [0.25, 0.3) is 5.69 Å². The van der Waals surface area contributed by atoms with Crippen molar-refractivity contribution in [1.82, 2.24) is 30.5 Å². The van der Waals surface area contributed by atoms with E-state index in [2.05, 4.69) is 15.6 Å². The summed E-state index contributed by atoms with van der Waals surface area (Å²) in [6.07, 6.45) is -0.663. The first-order valence-electron chi connectivity index (χ1n) is 11.1. The van der Waals surface area contributed by atoms with E-state index in [1.54, 1.807) is 0 Å². The molecule has 0 radical (unpaired) electrons. The van der Waals surface area contributed by atoms with Crippen LogP contribution in [0.5, 0.6) is 5.75 Å². The Morgan fingerprint density at radius 2 is 1.83 bits per heavy atom. The number of unbranched alkanes of at least 4 members (excludes halogenated alkanes) is 3. The van der Waals surface area contributed by atoms with Gasteiger partial charge in [0.05, 0.1) is 19.5 Å². The van der Waals surface area contributed by atoms with Crippen LogP contribution < -0.4 is 15.4 Å². The largest absolute Gasteiger partial charge is 0.491 e. The predicted octanol–water partition coefficient (Wildman–Crippen LogP) is 2.76. The fourth-order valence-corrected chi connectivity index (χ4v) is 2.94. The van der Waals surface area contributed by atoms with Gasteiger partial charge >= 0.3 is 6.18 Å². The lowest BCUT2D eigenvalue weighted by Crippen LogP contribution is -2.33. The number of carbonyl (C=O) groups is 2. The third-order valence-corrected chi connectivity index (χ3v) is 4.77. The quantitative estimate of drug-likeness (QED) is 0.304. The van der Waals surface area contributed by atoms with Gasteiger partial charge in [0.15, 0.2) is 5.69 Å². The minimum atomic E-state index is -4.54. The summed E-state index contributed by atoms with van der Waals surface area (Å²) in [6, 6.07) is 4.08. The van der Waals surface area contributed by atoms with E-state index in [1.807, 2.05) is 24.3 Å². The normalized spacial score (nSPS) is 11.5. The Bertz CT molecular complexity index is 965. The lowest BCUT2D eigenvalue weighted by atomic mass is 10.1. The first-order chi connectivity index (χ1) is 16.6. The molecule has 2 N–H and O–H groups in total. The minimum Gasteiger partial charge on any atom is -0.491 e. The van der Waals surface area contributed by atoms with Crippen LogP contribution in [0.2, 0.25) is 0 Å². The van der Waals surface area contributed by atoms with Crippen LogP contribution in [-0.2, 0) is 0 Å². The second-order valence-corrected chi connectivity index (χ2v) is 8.04.